The SMILES string of the molecule is Cc1cccc(C)c1OC[C@H](O)CN1C(=O)N[C@@]2(C[C@@H](C)CC(C)(C)C2)C1=O. The molecule has 3 atom stereocenters. The summed E-state index contributed by atoms with van der Waals surface area (Å²) in [4.78, 5) is 26.8. The quantitative estimate of drug-likeness (QED) is 0.760. The zero-order chi connectivity index (χ0) is 20.7. The molecular weight excluding hydrogens is 356 g/mol. The van der Waals surface area contributed by atoms with Crippen molar-refractivity contribution in [2.75, 3.05) is 13.2 Å². The first-order chi connectivity index (χ1) is 13.0. The Morgan fingerprint density at radius 3 is 2.50 bits per heavy atom. The van der Waals surface area contributed by atoms with Crippen molar-refractivity contribution in [1.29, 1.82) is 0 Å². The van der Waals surface area contributed by atoms with Crippen molar-refractivity contribution in [2.24, 2.45) is 11.3 Å². The molecule has 2 N–H and O–H groups in total. The number of β-amino-alcohol motifs (C(OH)–C–C–N with tert-alkyl or cyclic N) is 1. The summed E-state index contributed by atoms with van der Waals surface area (Å²) < 4.78 is 5.78. The van der Waals surface area contributed by atoms with E-state index >= 15 is 0 Å². The normalized spacial score (nSPS) is 27.8. The molecule has 1 aliphatic carbocycles. The van der Waals surface area contributed by atoms with Gasteiger partial charge in [0.2, 0.25) is 0 Å². The summed E-state index contributed by atoms with van der Waals surface area (Å²) in [5.74, 6) is 0.867. The molecule has 2 fully saturated rings. The van der Waals surface area contributed by atoms with Crippen LogP contribution in [-0.2, 0) is 4.79 Å². The smallest absolute Gasteiger partial charge is 0.325 e. The first-order valence-electron chi connectivity index (χ1n) is 10.0. The zero-order valence-corrected chi connectivity index (χ0v) is 17.5. The highest BCUT2D eigenvalue weighted by molar-refractivity contribution is 6.07. The number of hydrogen-bond acceptors (Lipinski definition) is 4. The predicted octanol–water partition coefficient (Wildman–Crippen LogP) is 3.18. The number of ether oxygens (including phenoxy) is 1. The maximum Gasteiger partial charge on any atom is 0.325 e. The third-order valence-corrected chi connectivity index (χ3v) is 5.85. The fourth-order valence-corrected chi connectivity index (χ4v) is 5.14. The molecule has 1 heterocycles. The van der Waals surface area contributed by atoms with Crippen molar-refractivity contribution in [3.63, 3.8) is 0 Å². The highest BCUT2D eigenvalue weighted by atomic mass is 16.5. The third kappa shape index (κ3) is 4.02. The molecule has 2 aliphatic rings. The van der Waals surface area contributed by atoms with Gasteiger partial charge >= 0.3 is 6.03 Å². The Labute approximate surface area is 167 Å². The molecule has 0 bridgehead atoms. The first-order valence-corrected chi connectivity index (χ1v) is 10.0. The molecule has 1 saturated carbocycles. The minimum Gasteiger partial charge on any atom is -0.490 e. The fraction of sp³-hybridized carbons (Fsp3) is 0.636. The van der Waals surface area contributed by atoms with Gasteiger partial charge in [0.25, 0.3) is 5.91 Å². The lowest BCUT2D eigenvalue weighted by atomic mass is 9.64. The van der Waals surface area contributed by atoms with E-state index < -0.39 is 17.7 Å². The van der Waals surface area contributed by atoms with Crippen LogP contribution >= 0.6 is 0 Å². The summed E-state index contributed by atoms with van der Waals surface area (Å²) in [7, 11) is 0. The van der Waals surface area contributed by atoms with Crippen LogP contribution in [0.2, 0.25) is 0 Å². The molecule has 0 radical (unpaired) electrons. The van der Waals surface area contributed by atoms with E-state index in [0.29, 0.717) is 18.8 Å². The Hall–Kier alpha value is -2.08. The molecule has 6 nitrogen and oxygen atoms in total. The number of nitrogens with zero attached hydrogens (tertiary/aromatic N) is 1. The minimum absolute atomic E-state index is 0.0132. The van der Waals surface area contributed by atoms with E-state index in [-0.39, 0.29) is 24.5 Å². The number of benzene rings is 1. The number of nitrogens with one attached hydrogen (secondary N) is 1. The number of aliphatic hydroxyl groups is 1. The van der Waals surface area contributed by atoms with Crippen LogP contribution in [0.3, 0.4) is 0 Å². The number of urea groups is 1. The number of amides is 3. The lowest BCUT2D eigenvalue weighted by Gasteiger charge is -2.43. The van der Waals surface area contributed by atoms with Crippen molar-refractivity contribution < 1.29 is 19.4 Å². The number of aryl methyl sites for hydroxylation is 2. The van der Waals surface area contributed by atoms with E-state index in [1.54, 1.807) is 0 Å². The van der Waals surface area contributed by atoms with Gasteiger partial charge in [-0.3, -0.25) is 9.69 Å². The molecule has 6 heteroatoms. The largest absolute Gasteiger partial charge is 0.490 e. The molecule has 1 aromatic carbocycles. The standard InChI is InChI=1S/C22H32N2O4/c1-14-9-21(4,5)13-22(10-14)19(26)24(20(27)23-22)11-17(25)12-28-18-15(2)7-6-8-16(18)3/h6-8,14,17,25H,9-13H2,1-5H3,(H,23,27)/t14-,17+,22+/m0/s1. The molecule has 1 aromatic rings. The Balaban J connectivity index is 1.66. The number of imide groups is 1. The molecule has 1 saturated heterocycles. The van der Waals surface area contributed by atoms with Crippen LogP contribution in [0.1, 0.15) is 51.2 Å². The highest BCUT2D eigenvalue weighted by Gasteiger charge is 2.56. The van der Waals surface area contributed by atoms with Gasteiger partial charge < -0.3 is 15.2 Å². The van der Waals surface area contributed by atoms with Gasteiger partial charge in [0.05, 0.1) is 6.54 Å². The van der Waals surface area contributed by atoms with Crippen LogP contribution < -0.4 is 10.1 Å². The van der Waals surface area contributed by atoms with Gasteiger partial charge in [-0.15, -0.1) is 0 Å². The zero-order valence-electron chi connectivity index (χ0n) is 17.5. The first kappa shape index (κ1) is 20.6. The number of hydrogen-bond donors (Lipinski definition) is 2. The Morgan fingerprint density at radius 2 is 1.89 bits per heavy atom. The number of carbonyl (C=O) groups is 2. The van der Waals surface area contributed by atoms with Crippen molar-refractivity contribution in [3.05, 3.63) is 29.3 Å². The summed E-state index contributed by atoms with van der Waals surface area (Å²) >= 11 is 0. The van der Waals surface area contributed by atoms with Crippen LogP contribution in [0.15, 0.2) is 18.2 Å². The lowest BCUT2D eigenvalue weighted by molar-refractivity contribution is -0.135. The van der Waals surface area contributed by atoms with Gasteiger partial charge in [0, 0.05) is 0 Å². The number of para-hydroxylation sites is 1. The molecule has 3 rings (SSSR count). The average molecular weight is 389 g/mol. The van der Waals surface area contributed by atoms with E-state index in [1.807, 2.05) is 32.0 Å². The van der Waals surface area contributed by atoms with Crippen molar-refractivity contribution >= 4 is 11.9 Å². The second-order valence-corrected chi connectivity index (χ2v) is 9.47. The van der Waals surface area contributed by atoms with Gasteiger partial charge in [0.15, 0.2) is 0 Å². The molecule has 28 heavy (non-hydrogen) atoms. The predicted molar refractivity (Wildman–Crippen MR) is 107 cm³/mol. The van der Waals surface area contributed by atoms with Crippen LogP contribution in [0, 0.1) is 25.2 Å². The second kappa shape index (κ2) is 7.39. The topological polar surface area (TPSA) is 78.9 Å². The van der Waals surface area contributed by atoms with E-state index in [1.165, 1.54) is 0 Å². The van der Waals surface area contributed by atoms with Gasteiger partial charge in [-0.05, 0) is 55.6 Å². The number of rotatable bonds is 5. The number of aliphatic hydroxyl groups excluding tert-OH is 1. The molecule has 0 aromatic heterocycles. The van der Waals surface area contributed by atoms with Crippen LogP contribution in [0.5, 0.6) is 5.75 Å². The van der Waals surface area contributed by atoms with Gasteiger partial charge in [-0.1, -0.05) is 39.0 Å². The van der Waals surface area contributed by atoms with Gasteiger partial charge in [-0.2, -0.15) is 0 Å². The van der Waals surface area contributed by atoms with Crippen molar-refractivity contribution in [2.45, 2.75) is 65.5 Å². The second-order valence-electron chi connectivity index (χ2n) is 9.47. The Morgan fingerprint density at radius 1 is 1.25 bits per heavy atom. The summed E-state index contributed by atoms with van der Waals surface area (Å²) in [5, 5.41) is 13.4. The molecule has 3 amide bonds. The summed E-state index contributed by atoms with van der Waals surface area (Å²) in [6, 6.07) is 5.43. The van der Waals surface area contributed by atoms with E-state index in [0.717, 1.165) is 28.2 Å². The Kier molecular flexibility index (Phi) is 5.45. The average Bonchev–Trinajstić information content (AvgIpc) is 2.76. The number of carbonyl (C=O) groups excluding carboxylic acids is 2. The summed E-state index contributed by atoms with van der Waals surface area (Å²) in [5.41, 5.74) is 1.12. The maximum absolute atomic E-state index is 13.1. The Bertz CT molecular complexity index is 756. The van der Waals surface area contributed by atoms with Crippen LogP contribution in [-0.4, -0.2) is 46.7 Å². The summed E-state index contributed by atoms with van der Waals surface area (Å²) in [6.07, 6.45) is 1.36. The summed E-state index contributed by atoms with van der Waals surface area (Å²) in [6.45, 7) is 10.3. The van der Waals surface area contributed by atoms with Crippen molar-refractivity contribution in [3.8, 4) is 5.75 Å². The fourth-order valence-electron chi connectivity index (χ4n) is 5.14. The minimum atomic E-state index is -0.946. The third-order valence-electron chi connectivity index (χ3n) is 5.85. The van der Waals surface area contributed by atoms with E-state index in [2.05, 4.69) is 26.1 Å². The molecule has 0 unspecified atom stereocenters. The molecular formula is C22H32N2O4. The monoisotopic (exact) mass is 388 g/mol. The van der Waals surface area contributed by atoms with Gasteiger partial charge in [-0.25, -0.2) is 4.79 Å². The van der Waals surface area contributed by atoms with Gasteiger partial charge in [0.1, 0.15) is 24.0 Å². The van der Waals surface area contributed by atoms with E-state index in [4.69, 9.17) is 4.74 Å². The molecule has 1 aliphatic heterocycles. The highest BCUT2D eigenvalue weighted by Crippen LogP contribution is 2.46. The molecule has 154 valence electrons. The van der Waals surface area contributed by atoms with Crippen LogP contribution in [0.4, 0.5) is 4.79 Å². The lowest BCUT2D eigenvalue weighted by Crippen LogP contribution is -2.54. The molecule has 1 spiro atoms. The van der Waals surface area contributed by atoms with E-state index in [9.17, 15) is 14.7 Å². The van der Waals surface area contributed by atoms with Crippen LogP contribution in [0.25, 0.3) is 0 Å². The maximum atomic E-state index is 13.1. The van der Waals surface area contributed by atoms with Crippen molar-refractivity contribution in [1.82, 2.24) is 10.2 Å².